The van der Waals surface area contributed by atoms with Crippen LogP contribution in [0.2, 0.25) is 0 Å². The maximum absolute atomic E-state index is 12.1. The van der Waals surface area contributed by atoms with E-state index in [9.17, 15) is 18.0 Å². The van der Waals surface area contributed by atoms with Crippen LogP contribution in [-0.4, -0.2) is 12.5 Å². The molecule has 1 aromatic carbocycles. The topological polar surface area (TPSA) is 85.3 Å². The Kier molecular flexibility index (Phi) is 5.20. The highest BCUT2D eigenvalue weighted by Crippen LogP contribution is 2.28. The van der Waals surface area contributed by atoms with Crippen LogP contribution in [-0.2, 0) is 4.74 Å². The van der Waals surface area contributed by atoms with Gasteiger partial charge in [-0.1, -0.05) is 12.1 Å². The van der Waals surface area contributed by atoms with Gasteiger partial charge in [-0.15, -0.1) is 13.2 Å². The van der Waals surface area contributed by atoms with Crippen LogP contribution < -0.4 is 10.5 Å². The third kappa shape index (κ3) is 5.48. The van der Waals surface area contributed by atoms with Crippen LogP contribution in [0.15, 0.2) is 24.3 Å². The lowest BCUT2D eigenvalue weighted by molar-refractivity contribution is -0.274. The van der Waals surface area contributed by atoms with Crippen LogP contribution in [0.1, 0.15) is 24.5 Å². The third-order valence-corrected chi connectivity index (χ3v) is 2.24. The van der Waals surface area contributed by atoms with Crippen LogP contribution in [0.4, 0.5) is 18.0 Å². The number of benzene rings is 1. The first-order valence-electron chi connectivity index (χ1n) is 5.50. The Morgan fingerprint density at radius 1 is 1.45 bits per heavy atom. The summed E-state index contributed by atoms with van der Waals surface area (Å²) >= 11 is 0. The van der Waals surface area contributed by atoms with Crippen molar-refractivity contribution in [2.45, 2.75) is 25.3 Å². The van der Waals surface area contributed by atoms with Crippen LogP contribution in [0.3, 0.4) is 0 Å². The van der Waals surface area contributed by atoms with Gasteiger partial charge in [0.2, 0.25) is 0 Å². The number of ether oxygens (including phenoxy) is 2. The van der Waals surface area contributed by atoms with Gasteiger partial charge >= 0.3 is 12.5 Å². The van der Waals surface area contributed by atoms with Gasteiger partial charge in [0.25, 0.3) is 0 Å². The van der Waals surface area contributed by atoms with Gasteiger partial charge in [0.15, 0.2) is 0 Å². The molecule has 20 heavy (non-hydrogen) atoms. The van der Waals surface area contributed by atoms with Crippen molar-refractivity contribution in [2.24, 2.45) is 5.73 Å². The largest absolute Gasteiger partial charge is 0.573 e. The van der Waals surface area contributed by atoms with Crippen molar-refractivity contribution in [3.05, 3.63) is 29.8 Å². The van der Waals surface area contributed by atoms with Crippen LogP contribution in [0, 0.1) is 11.3 Å². The van der Waals surface area contributed by atoms with Gasteiger partial charge in [-0.3, -0.25) is 0 Å². The molecule has 0 aromatic heterocycles. The third-order valence-electron chi connectivity index (χ3n) is 2.24. The number of primary amides is 1. The second-order valence-corrected chi connectivity index (χ2v) is 3.74. The molecular weight excluding hydrogens is 277 g/mol. The second kappa shape index (κ2) is 6.65. The predicted molar refractivity (Wildman–Crippen MR) is 61.4 cm³/mol. The molecule has 8 heteroatoms. The number of nitrogens with two attached hydrogens (primary N) is 1. The Morgan fingerprint density at radius 2 is 2.15 bits per heavy atom. The summed E-state index contributed by atoms with van der Waals surface area (Å²) in [6, 6.07) is 6.82. The monoisotopic (exact) mass is 288 g/mol. The molecule has 0 saturated heterocycles. The van der Waals surface area contributed by atoms with E-state index in [4.69, 9.17) is 15.7 Å². The minimum absolute atomic E-state index is 0.0578. The highest BCUT2D eigenvalue weighted by Gasteiger charge is 2.31. The van der Waals surface area contributed by atoms with Crippen molar-refractivity contribution in [2.75, 3.05) is 0 Å². The summed E-state index contributed by atoms with van der Waals surface area (Å²) in [7, 11) is 0. The fourth-order valence-corrected chi connectivity index (χ4v) is 1.54. The molecule has 2 N–H and O–H groups in total. The van der Waals surface area contributed by atoms with Gasteiger partial charge in [0, 0.05) is 12.8 Å². The lowest BCUT2D eigenvalue weighted by Crippen LogP contribution is -2.19. The van der Waals surface area contributed by atoms with E-state index < -0.39 is 24.3 Å². The molecule has 0 aliphatic carbocycles. The summed E-state index contributed by atoms with van der Waals surface area (Å²) in [5.41, 5.74) is 5.15. The van der Waals surface area contributed by atoms with Crippen LogP contribution in [0.25, 0.3) is 0 Å². The number of halogens is 3. The molecule has 0 bridgehead atoms. The van der Waals surface area contributed by atoms with Crippen LogP contribution in [0.5, 0.6) is 5.75 Å². The molecule has 1 rings (SSSR count). The molecule has 0 aliphatic heterocycles. The smallest absolute Gasteiger partial charge is 0.441 e. The van der Waals surface area contributed by atoms with Crippen molar-refractivity contribution in [3.63, 3.8) is 0 Å². The van der Waals surface area contributed by atoms with Gasteiger partial charge in [0.05, 0.1) is 6.07 Å². The average molecular weight is 288 g/mol. The Morgan fingerprint density at radius 3 is 2.70 bits per heavy atom. The molecule has 1 amide bonds. The first kappa shape index (κ1) is 15.6. The Labute approximate surface area is 112 Å². The van der Waals surface area contributed by atoms with Crippen molar-refractivity contribution in [1.82, 2.24) is 0 Å². The molecule has 0 radical (unpaired) electrons. The van der Waals surface area contributed by atoms with Crippen molar-refractivity contribution in [1.29, 1.82) is 5.26 Å². The van der Waals surface area contributed by atoms with E-state index in [1.807, 2.05) is 6.07 Å². The molecule has 0 heterocycles. The van der Waals surface area contributed by atoms with E-state index in [0.29, 0.717) is 0 Å². The molecule has 0 spiro atoms. The maximum Gasteiger partial charge on any atom is 0.573 e. The van der Waals surface area contributed by atoms with Crippen molar-refractivity contribution < 1.29 is 27.4 Å². The normalized spacial score (nSPS) is 12.3. The Hall–Kier alpha value is -2.43. The van der Waals surface area contributed by atoms with E-state index in [1.165, 1.54) is 12.1 Å². The van der Waals surface area contributed by atoms with Gasteiger partial charge in [-0.2, -0.15) is 5.26 Å². The first-order valence-corrected chi connectivity index (χ1v) is 5.50. The van der Waals surface area contributed by atoms with Crippen LogP contribution >= 0.6 is 0 Å². The fourth-order valence-electron chi connectivity index (χ4n) is 1.54. The fraction of sp³-hybridized carbons (Fsp3) is 0.333. The van der Waals surface area contributed by atoms with E-state index in [1.54, 1.807) is 0 Å². The number of rotatable bonds is 5. The average Bonchev–Trinajstić information content (AvgIpc) is 2.32. The summed E-state index contributed by atoms with van der Waals surface area (Å²) < 4.78 is 44.9. The van der Waals surface area contributed by atoms with Gasteiger partial charge < -0.3 is 15.2 Å². The Bertz CT molecular complexity index is 511. The van der Waals surface area contributed by atoms with E-state index in [-0.39, 0.29) is 18.4 Å². The lowest BCUT2D eigenvalue weighted by atomic mass is 10.0. The number of nitrogens with zero attached hydrogens (tertiary/aromatic N) is 1. The summed E-state index contributed by atoms with van der Waals surface area (Å²) in [6.45, 7) is 0. The zero-order valence-electron chi connectivity index (χ0n) is 10.2. The van der Waals surface area contributed by atoms with Gasteiger partial charge in [-0.05, 0) is 17.7 Å². The van der Waals surface area contributed by atoms with E-state index in [2.05, 4.69) is 4.74 Å². The molecule has 0 fully saturated rings. The predicted octanol–water partition coefficient (Wildman–Crippen LogP) is 3.03. The van der Waals surface area contributed by atoms with Crippen molar-refractivity contribution >= 4 is 6.09 Å². The molecule has 0 saturated carbocycles. The van der Waals surface area contributed by atoms with E-state index >= 15 is 0 Å². The standard InChI is InChI=1S/C12H11F3N2O3/c13-12(14,15)20-9-4-1-3-8(7-9)10(5-2-6-16)19-11(17)18/h1,3-4,7,10H,2,5H2,(H2,17,18)/t10-/m0/s1. The minimum atomic E-state index is -4.81. The number of nitriles is 1. The molecule has 1 atom stereocenters. The summed E-state index contributed by atoms with van der Waals surface area (Å²) in [6.07, 6.45) is -6.61. The molecule has 5 nitrogen and oxygen atoms in total. The summed E-state index contributed by atoms with van der Waals surface area (Å²) in [5.74, 6) is -0.440. The number of hydrogen-bond donors (Lipinski definition) is 1. The molecule has 1 aromatic rings. The highest BCUT2D eigenvalue weighted by molar-refractivity contribution is 5.65. The van der Waals surface area contributed by atoms with E-state index in [0.717, 1.165) is 12.1 Å². The highest BCUT2D eigenvalue weighted by atomic mass is 19.4. The van der Waals surface area contributed by atoms with Crippen molar-refractivity contribution in [3.8, 4) is 11.8 Å². The second-order valence-electron chi connectivity index (χ2n) is 3.74. The maximum atomic E-state index is 12.1. The quantitative estimate of drug-likeness (QED) is 0.902. The number of amides is 1. The molecular formula is C12H11F3N2O3. The number of carbonyl (C=O) groups is 1. The molecule has 0 unspecified atom stereocenters. The Balaban J connectivity index is 2.92. The van der Waals surface area contributed by atoms with Gasteiger partial charge in [-0.25, -0.2) is 4.79 Å². The lowest BCUT2D eigenvalue weighted by Gasteiger charge is -2.17. The number of alkyl halides is 3. The summed E-state index contributed by atoms with van der Waals surface area (Å²) in [5, 5.41) is 8.51. The SMILES string of the molecule is N#CCC[C@H](OC(N)=O)c1cccc(OC(F)(F)F)c1. The number of hydrogen-bond acceptors (Lipinski definition) is 4. The molecule has 108 valence electrons. The molecule has 0 aliphatic rings. The summed E-state index contributed by atoms with van der Waals surface area (Å²) in [4.78, 5) is 10.8. The minimum Gasteiger partial charge on any atom is -0.441 e. The zero-order chi connectivity index (χ0) is 15.2. The zero-order valence-corrected chi connectivity index (χ0v) is 10.2. The number of carbonyl (C=O) groups excluding carboxylic acids is 1. The van der Waals surface area contributed by atoms with Gasteiger partial charge in [0.1, 0.15) is 11.9 Å². The first-order chi connectivity index (χ1) is 9.31.